The minimum Gasteiger partial charge on any atom is -0.493 e. The van der Waals surface area contributed by atoms with Crippen LogP contribution in [0.25, 0.3) is 0 Å². The van der Waals surface area contributed by atoms with E-state index in [2.05, 4.69) is 6.08 Å². The Kier molecular flexibility index (Phi) is 5.19. The Balaban J connectivity index is 1.75. The number of thioether (sulfide) groups is 1. The largest absolute Gasteiger partial charge is 0.493 e. The number of hydrogen-bond acceptors (Lipinski definition) is 4. The number of fused-ring (bicyclic) bond motifs is 1. The number of benzene rings is 1. The van der Waals surface area contributed by atoms with Crippen LogP contribution < -0.4 is 9.47 Å². The molecule has 1 amide bonds. The fraction of sp³-hybridized carbons (Fsp3) is 0.421. The van der Waals surface area contributed by atoms with E-state index in [1.165, 1.54) is 5.57 Å². The lowest BCUT2D eigenvalue weighted by atomic mass is 9.99. The summed E-state index contributed by atoms with van der Waals surface area (Å²) in [6, 6.07) is 5.93. The second-order valence-corrected chi connectivity index (χ2v) is 6.71. The molecule has 0 atom stereocenters. The van der Waals surface area contributed by atoms with Crippen molar-refractivity contribution in [3.63, 3.8) is 0 Å². The van der Waals surface area contributed by atoms with Gasteiger partial charge in [0.25, 0.3) is 5.91 Å². The van der Waals surface area contributed by atoms with Gasteiger partial charge >= 0.3 is 0 Å². The summed E-state index contributed by atoms with van der Waals surface area (Å²) in [7, 11) is 3.27. The molecule has 5 heteroatoms. The molecule has 0 unspecified atom stereocenters. The summed E-state index contributed by atoms with van der Waals surface area (Å²) < 4.78 is 10.6. The van der Waals surface area contributed by atoms with Crippen LogP contribution in [0, 0.1) is 0 Å². The van der Waals surface area contributed by atoms with E-state index in [-0.39, 0.29) is 5.91 Å². The van der Waals surface area contributed by atoms with E-state index in [0.717, 1.165) is 53.3 Å². The molecule has 2 aliphatic rings. The molecule has 3 rings (SSSR count). The fourth-order valence-electron chi connectivity index (χ4n) is 3.34. The van der Waals surface area contributed by atoms with Crippen LogP contribution >= 0.6 is 11.8 Å². The molecule has 0 saturated heterocycles. The molecule has 0 radical (unpaired) electrons. The van der Waals surface area contributed by atoms with Gasteiger partial charge in [-0.1, -0.05) is 12.1 Å². The molecule has 0 fully saturated rings. The quantitative estimate of drug-likeness (QED) is 0.787. The molecule has 1 heterocycles. The van der Waals surface area contributed by atoms with Gasteiger partial charge in [0.15, 0.2) is 11.5 Å². The van der Waals surface area contributed by atoms with Crippen molar-refractivity contribution < 1.29 is 14.3 Å². The first-order valence-electron chi connectivity index (χ1n) is 8.20. The summed E-state index contributed by atoms with van der Waals surface area (Å²) in [5.74, 6) is 1.61. The van der Waals surface area contributed by atoms with Gasteiger partial charge in [0, 0.05) is 12.2 Å². The summed E-state index contributed by atoms with van der Waals surface area (Å²) >= 11 is 1.57. The Morgan fingerprint density at radius 3 is 2.71 bits per heavy atom. The molecule has 4 nitrogen and oxygen atoms in total. The van der Waals surface area contributed by atoms with Crippen molar-refractivity contribution in [1.29, 1.82) is 0 Å². The van der Waals surface area contributed by atoms with Crippen molar-refractivity contribution in [2.75, 3.05) is 27.0 Å². The van der Waals surface area contributed by atoms with Crippen LogP contribution in [-0.4, -0.2) is 37.8 Å². The Bertz CT molecular complexity index is 709. The van der Waals surface area contributed by atoms with Crippen LogP contribution in [0.4, 0.5) is 0 Å². The number of hydrogen-bond donors (Lipinski definition) is 0. The normalized spacial score (nSPS) is 17.0. The van der Waals surface area contributed by atoms with E-state index >= 15 is 0 Å². The molecule has 128 valence electrons. The van der Waals surface area contributed by atoms with E-state index in [1.807, 2.05) is 29.4 Å². The van der Waals surface area contributed by atoms with Crippen LogP contribution in [0.1, 0.15) is 24.8 Å². The molecule has 1 aliphatic carbocycles. The molecule has 0 saturated carbocycles. The average Bonchev–Trinajstić information content (AvgIpc) is 2.90. The van der Waals surface area contributed by atoms with Gasteiger partial charge in [0.1, 0.15) is 0 Å². The number of allylic oxidation sites excluding steroid dienone is 2. The van der Waals surface area contributed by atoms with Crippen molar-refractivity contribution in [2.24, 2.45) is 0 Å². The minimum absolute atomic E-state index is 0.158. The van der Waals surface area contributed by atoms with Crippen molar-refractivity contribution in [2.45, 2.75) is 25.7 Å². The second-order valence-electron chi connectivity index (χ2n) is 5.89. The van der Waals surface area contributed by atoms with Gasteiger partial charge in [-0.2, -0.15) is 0 Å². The lowest BCUT2D eigenvalue weighted by molar-refractivity contribution is -0.123. The predicted octanol–water partition coefficient (Wildman–Crippen LogP) is 3.77. The zero-order chi connectivity index (χ0) is 17.1. The summed E-state index contributed by atoms with van der Waals surface area (Å²) in [4.78, 5) is 15.6. The molecule has 0 bridgehead atoms. The molecule has 1 aromatic carbocycles. The van der Waals surface area contributed by atoms with Crippen LogP contribution in [0.15, 0.2) is 40.5 Å². The number of methoxy groups -OCH3 is 2. The standard InChI is InChI=1S/C19H23NO3S/c1-22-16-9-8-13(12-17(16)23-2)10-11-20-15-7-5-4-6-14(15)18(24-3)19(20)21/h7-9,12H,4-6,10-11H2,1-3H3. The molecular weight excluding hydrogens is 322 g/mol. The van der Waals surface area contributed by atoms with Gasteiger partial charge in [-0.3, -0.25) is 4.79 Å². The maximum absolute atomic E-state index is 12.7. The first kappa shape index (κ1) is 17.0. The third-order valence-corrected chi connectivity index (χ3v) is 5.39. The number of carbonyl (C=O) groups is 1. The van der Waals surface area contributed by atoms with E-state index in [9.17, 15) is 4.79 Å². The van der Waals surface area contributed by atoms with Crippen LogP contribution in [0.2, 0.25) is 0 Å². The summed E-state index contributed by atoms with van der Waals surface area (Å²) in [6.07, 6.45) is 8.21. The third-order valence-electron chi connectivity index (χ3n) is 4.56. The first-order chi connectivity index (χ1) is 11.7. The highest BCUT2D eigenvalue weighted by atomic mass is 32.2. The van der Waals surface area contributed by atoms with Gasteiger partial charge in [-0.15, -0.1) is 11.8 Å². The molecule has 1 aromatic rings. The topological polar surface area (TPSA) is 38.8 Å². The SMILES string of the molecule is COc1ccc(CCN2C(=O)C(SC)=C3CCCC=C32)cc1OC. The maximum Gasteiger partial charge on any atom is 0.265 e. The van der Waals surface area contributed by atoms with Crippen molar-refractivity contribution in [1.82, 2.24) is 4.90 Å². The molecule has 0 N–H and O–H groups in total. The highest BCUT2D eigenvalue weighted by Gasteiger charge is 2.34. The highest BCUT2D eigenvalue weighted by Crippen LogP contribution is 2.40. The predicted molar refractivity (Wildman–Crippen MR) is 97.4 cm³/mol. The Morgan fingerprint density at radius 2 is 2.00 bits per heavy atom. The van der Waals surface area contributed by atoms with Crippen molar-refractivity contribution in [3.8, 4) is 11.5 Å². The smallest absolute Gasteiger partial charge is 0.265 e. The zero-order valence-electron chi connectivity index (χ0n) is 14.4. The van der Waals surface area contributed by atoms with Gasteiger partial charge < -0.3 is 14.4 Å². The number of nitrogens with zero attached hydrogens (tertiary/aromatic N) is 1. The fourth-order valence-corrected chi connectivity index (χ4v) is 4.08. The van der Waals surface area contributed by atoms with Gasteiger partial charge in [-0.25, -0.2) is 0 Å². The zero-order valence-corrected chi connectivity index (χ0v) is 15.2. The number of carbonyl (C=O) groups excluding carboxylic acids is 1. The van der Waals surface area contributed by atoms with E-state index < -0.39 is 0 Å². The van der Waals surface area contributed by atoms with Gasteiger partial charge in [0.2, 0.25) is 0 Å². The van der Waals surface area contributed by atoms with Gasteiger partial charge in [-0.05, 0) is 55.2 Å². The first-order valence-corrected chi connectivity index (χ1v) is 9.42. The monoisotopic (exact) mass is 345 g/mol. The maximum atomic E-state index is 12.7. The number of ether oxygens (including phenoxy) is 2. The Labute approximate surface area is 147 Å². The summed E-state index contributed by atoms with van der Waals surface area (Å²) in [5.41, 5.74) is 3.51. The second kappa shape index (κ2) is 7.34. The Hall–Kier alpha value is -1.88. The lowest BCUT2D eigenvalue weighted by Crippen LogP contribution is -2.28. The van der Waals surface area contributed by atoms with E-state index in [1.54, 1.807) is 26.0 Å². The number of amides is 1. The van der Waals surface area contributed by atoms with Crippen molar-refractivity contribution >= 4 is 17.7 Å². The highest BCUT2D eigenvalue weighted by molar-refractivity contribution is 8.03. The molecule has 24 heavy (non-hydrogen) atoms. The summed E-state index contributed by atoms with van der Waals surface area (Å²) in [5, 5.41) is 0. The van der Waals surface area contributed by atoms with Gasteiger partial charge in [0.05, 0.1) is 19.1 Å². The van der Waals surface area contributed by atoms with E-state index in [4.69, 9.17) is 9.47 Å². The molecule has 0 aromatic heterocycles. The number of rotatable bonds is 6. The summed E-state index contributed by atoms with van der Waals surface area (Å²) in [6.45, 7) is 0.688. The molecule has 1 aliphatic heterocycles. The lowest BCUT2D eigenvalue weighted by Gasteiger charge is -2.22. The molecule has 0 spiro atoms. The third kappa shape index (κ3) is 3.05. The minimum atomic E-state index is 0.158. The van der Waals surface area contributed by atoms with Crippen LogP contribution in [0.5, 0.6) is 11.5 Å². The average molecular weight is 345 g/mol. The molecular formula is C19H23NO3S. The van der Waals surface area contributed by atoms with Crippen LogP contribution in [0.3, 0.4) is 0 Å². The van der Waals surface area contributed by atoms with Crippen molar-refractivity contribution in [3.05, 3.63) is 46.0 Å². The Morgan fingerprint density at radius 1 is 1.21 bits per heavy atom. The van der Waals surface area contributed by atoms with E-state index in [0.29, 0.717) is 6.54 Å². The van der Waals surface area contributed by atoms with Crippen LogP contribution in [-0.2, 0) is 11.2 Å².